The Morgan fingerprint density at radius 2 is 1.98 bits per heavy atom. The molecule has 1 aromatic heterocycles. The number of rotatable bonds is 8. The smallest absolute Gasteiger partial charge is 0.358 e. The summed E-state index contributed by atoms with van der Waals surface area (Å²) < 4.78 is 29.7. The summed E-state index contributed by atoms with van der Waals surface area (Å²) in [7, 11) is 1.64. The molecule has 6 atom stereocenters. The number of hydrogen-bond acceptors (Lipinski definition) is 7. The summed E-state index contributed by atoms with van der Waals surface area (Å²) in [5.41, 5.74) is 3.25. The van der Waals surface area contributed by atoms with Crippen LogP contribution in [0, 0.1) is 23.7 Å². The van der Waals surface area contributed by atoms with E-state index in [4.69, 9.17) is 35.6 Å². The average Bonchev–Trinajstić information content (AvgIpc) is 3.61. The number of benzene rings is 1. The molecule has 1 fully saturated rings. The summed E-state index contributed by atoms with van der Waals surface area (Å²) in [6.07, 6.45) is 11.5. The monoisotopic (exact) mass is 562 g/mol. The van der Waals surface area contributed by atoms with E-state index in [9.17, 15) is 4.79 Å². The van der Waals surface area contributed by atoms with Crippen LogP contribution in [0.1, 0.15) is 52.5 Å². The molecule has 5 rings (SSSR count). The van der Waals surface area contributed by atoms with Crippen LogP contribution in [0.4, 0.5) is 0 Å². The number of para-hydroxylation sites is 1. The standard InChI is InChI=1S/C33H38O6S/c1-20(10-9-11-24-14-15-36-19-24)16-25-17-21(2)28-27(38-32(40)37-26-12-7-6-8-13-26)18-22(3)29(28)33(25)30(35-5)23(4)31(34)39-33/h6-8,12-17,19,22,25,27-29H,9-11,18H2,1-5H3/b20-16+/t22-,25-,27+,28-,29+,33-/m0/s1. The Bertz CT molecular complexity index is 1320. The predicted molar refractivity (Wildman–Crippen MR) is 156 cm³/mol. The predicted octanol–water partition coefficient (Wildman–Crippen LogP) is 7.36. The molecule has 2 aromatic rings. The van der Waals surface area contributed by atoms with Crippen LogP contribution in [0.5, 0.6) is 5.75 Å². The van der Waals surface area contributed by atoms with Crippen LogP contribution in [-0.2, 0) is 25.4 Å². The second-order valence-corrected chi connectivity index (χ2v) is 11.7. The fourth-order valence-electron chi connectivity index (χ4n) is 7.09. The number of furan rings is 1. The number of esters is 1. The van der Waals surface area contributed by atoms with E-state index in [2.05, 4.69) is 32.9 Å². The molecule has 0 amide bonds. The van der Waals surface area contributed by atoms with Crippen molar-refractivity contribution in [3.05, 3.63) is 89.1 Å². The minimum atomic E-state index is -0.939. The van der Waals surface area contributed by atoms with Crippen LogP contribution in [0.25, 0.3) is 0 Å². The SMILES string of the molecule is COC1=C(C)C(=O)O[C@@]12[C@H]1[C@@H](C(C)=C[C@@H]2/C=C(\C)CCCc2ccoc2)[C@H](OC(=S)Oc2ccccc2)C[C@@H]1C. The van der Waals surface area contributed by atoms with Gasteiger partial charge in [-0.25, -0.2) is 4.79 Å². The van der Waals surface area contributed by atoms with E-state index in [-0.39, 0.29) is 41.0 Å². The van der Waals surface area contributed by atoms with Crippen molar-refractivity contribution in [2.75, 3.05) is 7.11 Å². The van der Waals surface area contributed by atoms with Gasteiger partial charge in [0.1, 0.15) is 11.9 Å². The van der Waals surface area contributed by atoms with Gasteiger partial charge in [0.25, 0.3) is 0 Å². The van der Waals surface area contributed by atoms with Crippen LogP contribution < -0.4 is 4.74 Å². The zero-order chi connectivity index (χ0) is 28.4. The molecule has 6 nitrogen and oxygen atoms in total. The molecule has 1 saturated carbocycles. The maximum Gasteiger partial charge on any atom is 0.358 e. The van der Waals surface area contributed by atoms with Crippen molar-refractivity contribution >= 4 is 23.4 Å². The van der Waals surface area contributed by atoms with Gasteiger partial charge in [0.15, 0.2) is 11.4 Å². The molecule has 212 valence electrons. The Morgan fingerprint density at radius 3 is 2.67 bits per heavy atom. The Hall–Kier alpha value is -3.32. The second kappa shape index (κ2) is 11.7. The van der Waals surface area contributed by atoms with Crippen LogP contribution in [0.15, 0.2) is 88.0 Å². The number of carbonyl (C=O) groups excluding carboxylic acids is 1. The Morgan fingerprint density at radius 1 is 1.20 bits per heavy atom. The van der Waals surface area contributed by atoms with Gasteiger partial charge in [-0.05, 0) is 76.1 Å². The molecule has 1 aliphatic heterocycles. The highest BCUT2D eigenvalue weighted by Crippen LogP contribution is 2.60. The summed E-state index contributed by atoms with van der Waals surface area (Å²) in [4.78, 5) is 13.1. The van der Waals surface area contributed by atoms with Crippen molar-refractivity contribution in [1.82, 2.24) is 0 Å². The van der Waals surface area contributed by atoms with E-state index in [0.29, 0.717) is 17.1 Å². The van der Waals surface area contributed by atoms with Crippen LogP contribution in [0.3, 0.4) is 0 Å². The molecule has 0 N–H and O–H groups in total. The lowest BCUT2D eigenvalue weighted by molar-refractivity contribution is -0.162. The van der Waals surface area contributed by atoms with Crippen LogP contribution >= 0.6 is 12.2 Å². The van der Waals surface area contributed by atoms with E-state index >= 15 is 0 Å². The van der Waals surface area contributed by atoms with E-state index in [1.165, 1.54) is 16.7 Å². The summed E-state index contributed by atoms with van der Waals surface area (Å²) in [5, 5.41) is 0.100. The summed E-state index contributed by atoms with van der Waals surface area (Å²) in [6, 6.07) is 11.4. The molecular formula is C33H38O6S. The third kappa shape index (κ3) is 5.24. The second-order valence-electron chi connectivity index (χ2n) is 11.4. The molecule has 3 aliphatic rings. The van der Waals surface area contributed by atoms with E-state index in [1.807, 2.05) is 36.4 Å². The molecule has 1 aromatic carbocycles. The van der Waals surface area contributed by atoms with Gasteiger partial charge in [0.2, 0.25) is 0 Å². The van der Waals surface area contributed by atoms with Gasteiger partial charge in [-0.1, -0.05) is 48.4 Å². The molecule has 2 aliphatic carbocycles. The van der Waals surface area contributed by atoms with Crippen molar-refractivity contribution in [2.24, 2.45) is 23.7 Å². The third-order valence-corrected chi connectivity index (χ3v) is 8.88. The van der Waals surface area contributed by atoms with Gasteiger partial charge in [-0.15, -0.1) is 0 Å². The highest BCUT2D eigenvalue weighted by molar-refractivity contribution is 7.79. The maximum atomic E-state index is 13.1. The first-order valence-electron chi connectivity index (χ1n) is 14.0. The number of hydrogen-bond donors (Lipinski definition) is 0. The van der Waals surface area contributed by atoms with Gasteiger partial charge < -0.3 is 23.4 Å². The highest BCUT2D eigenvalue weighted by atomic mass is 32.1. The fraction of sp³-hybridized carbons (Fsp3) is 0.455. The molecule has 40 heavy (non-hydrogen) atoms. The topological polar surface area (TPSA) is 67.1 Å². The van der Waals surface area contributed by atoms with Gasteiger partial charge in [-0.3, -0.25) is 0 Å². The number of allylic oxidation sites excluding steroid dienone is 1. The molecule has 0 bridgehead atoms. The first kappa shape index (κ1) is 28.2. The lowest BCUT2D eigenvalue weighted by Gasteiger charge is -2.48. The molecule has 0 unspecified atom stereocenters. The number of ether oxygens (including phenoxy) is 4. The van der Waals surface area contributed by atoms with Crippen LogP contribution in [-0.4, -0.2) is 30.0 Å². The number of carbonyl (C=O) groups is 1. The van der Waals surface area contributed by atoms with Crippen molar-refractivity contribution in [3.8, 4) is 5.75 Å². The third-order valence-electron chi connectivity index (χ3n) is 8.70. The number of thiocarbonyl (C=S) groups is 1. The van der Waals surface area contributed by atoms with E-state index < -0.39 is 5.60 Å². The number of aryl methyl sites for hydroxylation is 1. The Kier molecular flexibility index (Phi) is 8.22. The molecule has 0 saturated heterocycles. The van der Waals surface area contributed by atoms with Crippen LogP contribution in [0.2, 0.25) is 0 Å². The average molecular weight is 563 g/mol. The van der Waals surface area contributed by atoms with Gasteiger partial charge >= 0.3 is 11.2 Å². The lowest BCUT2D eigenvalue weighted by Crippen LogP contribution is -2.53. The zero-order valence-electron chi connectivity index (χ0n) is 23.8. The van der Waals surface area contributed by atoms with Gasteiger partial charge in [-0.2, -0.15) is 0 Å². The molecule has 2 heterocycles. The molecule has 7 heteroatoms. The first-order chi connectivity index (χ1) is 19.2. The minimum Gasteiger partial charge on any atom is -0.496 e. The number of fused-ring (bicyclic) bond motifs is 2. The van der Waals surface area contributed by atoms with Crippen molar-refractivity contribution in [2.45, 2.75) is 65.1 Å². The Labute approximate surface area is 242 Å². The van der Waals surface area contributed by atoms with Crippen molar-refractivity contribution < 1.29 is 28.2 Å². The largest absolute Gasteiger partial charge is 0.496 e. The minimum absolute atomic E-state index is 0.0118. The zero-order valence-corrected chi connectivity index (χ0v) is 24.7. The highest BCUT2D eigenvalue weighted by Gasteiger charge is 2.66. The van der Waals surface area contributed by atoms with Gasteiger partial charge in [0.05, 0.1) is 25.2 Å². The first-order valence-corrected chi connectivity index (χ1v) is 14.4. The van der Waals surface area contributed by atoms with Crippen molar-refractivity contribution in [1.29, 1.82) is 0 Å². The summed E-state index contributed by atoms with van der Waals surface area (Å²) in [6.45, 7) is 8.30. The molecular weight excluding hydrogens is 524 g/mol. The number of methoxy groups -OCH3 is 1. The van der Waals surface area contributed by atoms with E-state index in [1.54, 1.807) is 26.6 Å². The molecule has 0 radical (unpaired) electrons. The summed E-state index contributed by atoms with van der Waals surface area (Å²) in [5.74, 6) is 0.909. The Balaban J connectivity index is 1.44. The van der Waals surface area contributed by atoms with Gasteiger partial charge in [0, 0.05) is 30.0 Å². The quantitative estimate of drug-likeness (QED) is 0.189. The summed E-state index contributed by atoms with van der Waals surface area (Å²) >= 11 is 5.51. The maximum absolute atomic E-state index is 13.1. The van der Waals surface area contributed by atoms with E-state index in [0.717, 1.165) is 25.7 Å². The molecule has 1 spiro atoms. The normalized spacial score (nSPS) is 29.7. The lowest BCUT2D eigenvalue weighted by atomic mass is 9.62. The fourth-order valence-corrected chi connectivity index (χ4v) is 7.31. The van der Waals surface area contributed by atoms with Crippen molar-refractivity contribution in [3.63, 3.8) is 0 Å².